The van der Waals surface area contributed by atoms with Crippen LogP contribution in [0.4, 0.5) is 0 Å². The predicted molar refractivity (Wildman–Crippen MR) is 87.9 cm³/mol. The zero-order valence-electron chi connectivity index (χ0n) is 13.9. The van der Waals surface area contributed by atoms with E-state index < -0.39 is 0 Å². The van der Waals surface area contributed by atoms with E-state index in [0.717, 1.165) is 25.8 Å². The molecule has 4 heteroatoms. The fourth-order valence-electron chi connectivity index (χ4n) is 1.79. The highest BCUT2D eigenvalue weighted by atomic mass is 16.3. The first kappa shape index (κ1) is 21.4. The van der Waals surface area contributed by atoms with Crippen LogP contribution in [-0.2, 0) is 0 Å². The summed E-state index contributed by atoms with van der Waals surface area (Å²) in [5, 5.41) is 16.8. The van der Waals surface area contributed by atoms with Crippen molar-refractivity contribution >= 4 is 0 Å². The molecular weight excluding hydrogens is 252 g/mol. The Morgan fingerprint density at radius 3 is 2.10 bits per heavy atom. The summed E-state index contributed by atoms with van der Waals surface area (Å²) in [7, 11) is 7.15. The first-order chi connectivity index (χ1) is 9.42. The maximum Gasteiger partial charge on any atom is 0.0660 e. The summed E-state index contributed by atoms with van der Waals surface area (Å²) in [6.07, 6.45) is 7.71. The maximum absolute atomic E-state index is 9.77. The molecule has 2 N–H and O–H groups in total. The van der Waals surface area contributed by atoms with Crippen LogP contribution >= 0.6 is 0 Å². The Hall–Kier alpha value is -0.940. The van der Waals surface area contributed by atoms with Gasteiger partial charge in [0.15, 0.2) is 0 Å². The van der Waals surface area contributed by atoms with Crippen LogP contribution in [0.25, 0.3) is 0 Å². The van der Waals surface area contributed by atoms with Crippen LogP contribution in [0.3, 0.4) is 0 Å². The third-order valence-electron chi connectivity index (χ3n) is 3.38. The summed E-state index contributed by atoms with van der Waals surface area (Å²) in [6.45, 7) is 9.71. The van der Waals surface area contributed by atoms with Crippen LogP contribution in [0.15, 0.2) is 36.5 Å². The van der Waals surface area contributed by atoms with Gasteiger partial charge in [-0.15, -0.1) is 0 Å². The number of aliphatic hydroxyl groups is 2. The van der Waals surface area contributed by atoms with Gasteiger partial charge in [0, 0.05) is 20.2 Å². The third kappa shape index (κ3) is 7.01. The lowest BCUT2D eigenvalue weighted by Crippen LogP contribution is -2.50. The Kier molecular flexibility index (Phi) is 12.7. The SMILES string of the molecule is C=C/C=C\C(=C/C)C(C)(CO)N(C)CCN(C)C.CO. The molecule has 0 aromatic heterocycles. The predicted octanol–water partition coefficient (Wildman–Crippen LogP) is 1.53. The number of nitrogens with zero attached hydrogens (tertiary/aromatic N) is 2. The fraction of sp³-hybridized carbons (Fsp3) is 0.625. The average molecular weight is 284 g/mol. The second-order valence-electron chi connectivity index (χ2n) is 5.00. The zero-order chi connectivity index (χ0) is 16.2. The molecule has 0 saturated carbocycles. The molecule has 0 spiro atoms. The van der Waals surface area contributed by atoms with E-state index in [1.54, 1.807) is 6.08 Å². The lowest BCUT2D eigenvalue weighted by atomic mass is 9.90. The van der Waals surface area contributed by atoms with E-state index in [9.17, 15) is 5.11 Å². The van der Waals surface area contributed by atoms with E-state index >= 15 is 0 Å². The summed E-state index contributed by atoms with van der Waals surface area (Å²) in [5.41, 5.74) is 0.746. The van der Waals surface area contributed by atoms with E-state index in [1.807, 2.05) is 32.2 Å². The molecule has 0 aliphatic carbocycles. The first-order valence-electron chi connectivity index (χ1n) is 6.79. The highest BCUT2D eigenvalue weighted by Crippen LogP contribution is 2.24. The van der Waals surface area contributed by atoms with Crippen molar-refractivity contribution in [3.05, 3.63) is 36.5 Å². The molecule has 0 bridgehead atoms. The third-order valence-corrected chi connectivity index (χ3v) is 3.38. The molecule has 0 aliphatic rings. The minimum atomic E-state index is -0.357. The molecule has 4 nitrogen and oxygen atoms in total. The van der Waals surface area contributed by atoms with Crippen molar-refractivity contribution in [1.82, 2.24) is 9.80 Å². The van der Waals surface area contributed by atoms with Crippen LogP contribution < -0.4 is 0 Å². The number of allylic oxidation sites excluding steroid dienone is 3. The van der Waals surface area contributed by atoms with E-state index in [2.05, 4.69) is 37.4 Å². The van der Waals surface area contributed by atoms with Gasteiger partial charge in [-0.25, -0.2) is 0 Å². The van der Waals surface area contributed by atoms with Crippen molar-refractivity contribution in [2.45, 2.75) is 19.4 Å². The minimum Gasteiger partial charge on any atom is -0.400 e. The molecule has 0 aliphatic heterocycles. The van der Waals surface area contributed by atoms with Gasteiger partial charge in [-0.1, -0.05) is 30.9 Å². The van der Waals surface area contributed by atoms with Gasteiger partial charge in [-0.2, -0.15) is 0 Å². The second-order valence-corrected chi connectivity index (χ2v) is 5.00. The van der Waals surface area contributed by atoms with Crippen molar-refractivity contribution in [1.29, 1.82) is 0 Å². The monoisotopic (exact) mass is 284 g/mol. The molecule has 0 aromatic rings. The Balaban J connectivity index is 0. The van der Waals surface area contributed by atoms with Gasteiger partial charge >= 0.3 is 0 Å². The Labute approximate surface area is 124 Å². The summed E-state index contributed by atoms with van der Waals surface area (Å²) in [5.74, 6) is 0. The molecule has 20 heavy (non-hydrogen) atoms. The zero-order valence-corrected chi connectivity index (χ0v) is 13.9. The summed E-state index contributed by atoms with van der Waals surface area (Å²) >= 11 is 0. The molecule has 118 valence electrons. The normalized spacial score (nSPS) is 15.2. The van der Waals surface area contributed by atoms with E-state index in [0.29, 0.717) is 0 Å². The molecule has 0 aromatic carbocycles. The van der Waals surface area contributed by atoms with Crippen molar-refractivity contribution in [3.8, 4) is 0 Å². The van der Waals surface area contributed by atoms with E-state index in [4.69, 9.17) is 5.11 Å². The molecule has 0 amide bonds. The summed E-state index contributed by atoms with van der Waals surface area (Å²) < 4.78 is 0. The van der Waals surface area contributed by atoms with Gasteiger partial charge in [0.25, 0.3) is 0 Å². The molecule has 1 unspecified atom stereocenters. The number of rotatable bonds is 8. The molecule has 0 heterocycles. The Morgan fingerprint density at radius 1 is 1.20 bits per heavy atom. The standard InChI is InChI=1S/C15H28N2O.CH4O/c1-7-9-10-14(8-2)15(3,13-18)17(6)12-11-16(4)5;1-2/h7-10,18H,1,11-13H2,2-6H3;2H,1H3/b10-9-,14-8+;. The van der Waals surface area contributed by atoms with Crippen LogP contribution in [-0.4, -0.2) is 73.5 Å². The van der Waals surface area contributed by atoms with Crippen molar-refractivity contribution < 1.29 is 10.2 Å². The second kappa shape index (κ2) is 11.9. The van der Waals surface area contributed by atoms with E-state index in [1.165, 1.54) is 0 Å². The lowest BCUT2D eigenvalue weighted by molar-refractivity contribution is 0.0896. The average Bonchev–Trinajstić information content (AvgIpc) is 2.46. The Bertz CT molecular complexity index is 312. The molecule has 0 rings (SSSR count). The molecule has 0 radical (unpaired) electrons. The van der Waals surface area contributed by atoms with Crippen molar-refractivity contribution in [3.63, 3.8) is 0 Å². The quantitative estimate of drug-likeness (QED) is 0.664. The molecule has 0 saturated heterocycles. The van der Waals surface area contributed by atoms with Crippen molar-refractivity contribution in [2.24, 2.45) is 0 Å². The first-order valence-corrected chi connectivity index (χ1v) is 6.79. The number of hydrogen-bond donors (Lipinski definition) is 2. The number of likely N-dealkylation sites (N-methyl/N-ethyl adjacent to an activating group) is 2. The molecule has 1 atom stereocenters. The lowest BCUT2D eigenvalue weighted by Gasteiger charge is -2.39. The highest BCUT2D eigenvalue weighted by molar-refractivity contribution is 5.31. The van der Waals surface area contributed by atoms with Crippen molar-refractivity contribution in [2.75, 3.05) is 47.9 Å². The van der Waals surface area contributed by atoms with Crippen LogP contribution in [0.5, 0.6) is 0 Å². The van der Waals surface area contributed by atoms with Gasteiger partial charge in [0.05, 0.1) is 12.1 Å². The van der Waals surface area contributed by atoms with Gasteiger partial charge in [0.1, 0.15) is 0 Å². The van der Waals surface area contributed by atoms with Gasteiger partial charge in [0.2, 0.25) is 0 Å². The smallest absolute Gasteiger partial charge is 0.0660 e. The highest BCUT2D eigenvalue weighted by Gasteiger charge is 2.30. The summed E-state index contributed by atoms with van der Waals surface area (Å²) in [6, 6.07) is 0. The van der Waals surface area contributed by atoms with E-state index in [-0.39, 0.29) is 12.1 Å². The van der Waals surface area contributed by atoms with Gasteiger partial charge in [-0.3, -0.25) is 4.90 Å². The maximum atomic E-state index is 9.77. The summed E-state index contributed by atoms with van der Waals surface area (Å²) in [4.78, 5) is 4.33. The fourth-order valence-corrected chi connectivity index (χ4v) is 1.79. The Morgan fingerprint density at radius 2 is 1.75 bits per heavy atom. The largest absolute Gasteiger partial charge is 0.400 e. The molecular formula is C16H32N2O2. The molecule has 0 fully saturated rings. The van der Waals surface area contributed by atoms with Crippen LogP contribution in [0.2, 0.25) is 0 Å². The number of hydrogen-bond acceptors (Lipinski definition) is 4. The number of aliphatic hydroxyl groups excluding tert-OH is 2. The topological polar surface area (TPSA) is 46.9 Å². The van der Waals surface area contributed by atoms with Gasteiger partial charge in [-0.05, 0) is 40.6 Å². The van der Waals surface area contributed by atoms with Crippen LogP contribution in [0, 0.1) is 0 Å². The minimum absolute atomic E-state index is 0.0953. The van der Waals surface area contributed by atoms with Crippen LogP contribution in [0.1, 0.15) is 13.8 Å². The van der Waals surface area contributed by atoms with Gasteiger partial charge < -0.3 is 15.1 Å².